The number of carbonyl (C=O) groups excluding carboxylic acids is 1. The molecule has 0 bridgehead atoms. The van der Waals surface area contributed by atoms with Gasteiger partial charge in [0.2, 0.25) is 0 Å². The van der Waals surface area contributed by atoms with Gasteiger partial charge in [-0.05, 0) is 12.5 Å². The number of aryl methyl sites for hydroxylation is 1. The molecule has 0 aliphatic rings. The second-order valence-electron chi connectivity index (χ2n) is 3.16. The molecule has 0 unspecified atom stereocenters. The second kappa shape index (κ2) is 5.07. The predicted molar refractivity (Wildman–Crippen MR) is 60.9 cm³/mol. The molecule has 0 saturated heterocycles. The Labute approximate surface area is 96.2 Å². The zero-order chi connectivity index (χ0) is 11.4. The highest BCUT2D eigenvalue weighted by Crippen LogP contribution is 2.16. The van der Waals surface area contributed by atoms with Gasteiger partial charge in [-0.1, -0.05) is 34.1 Å². The van der Waals surface area contributed by atoms with Crippen LogP contribution >= 0.6 is 15.9 Å². The first kappa shape index (κ1) is 11.9. The maximum atomic E-state index is 11.6. The number of hydrogen-bond acceptors (Lipinski definition) is 2. The van der Waals surface area contributed by atoms with Crippen molar-refractivity contribution in [2.75, 3.05) is 5.33 Å². The molecule has 0 atom stereocenters. The van der Waals surface area contributed by atoms with Gasteiger partial charge in [0.15, 0.2) is 5.78 Å². The van der Waals surface area contributed by atoms with Gasteiger partial charge in [0.1, 0.15) is 0 Å². The maximum absolute atomic E-state index is 11.6. The van der Waals surface area contributed by atoms with Gasteiger partial charge in [0, 0.05) is 17.3 Å². The van der Waals surface area contributed by atoms with E-state index in [1.165, 1.54) is 0 Å². The van der Waals surface area contributed by atoms with Crippen LogP contribution in [0.5, 0.6) is 0 Å². The van der Waals surface area contributed by atoms with E-state index in [1.54, 1.807) is 25.1 Å². The van der Waals surface area contributed by atoms with Crippen molar-refractivity contribution in [3.8, 4) is 0 Å². The zero-order valence-corrected chi connectivity index (χ0v) is 9.87. The zero-order valence-electron chi connectivity index (χ0n) is 8.29. The smallest absolute Gasteiger partial charge is 0.336 e. The quantitative estimate of drug-likeness (QED) is 0.676. The van der Waals surface area contributed by atoms with Gasteiger partial charge in [0.05, 0.1) is 5.56 Å². The van der Waals surface area contributed by atoms with Gasteiger partial charge in [-0.15, -0.1) is 0 Å². The molecule has 1 aromatic rings. The number of carboxylic acids is 1. The van der Waals surface area contributed by atoms with Gasteiger partial charge < -0.3 is 5.11 Å². The number of halogens is 1. The minimum atomic E-state index is -1.05. The fraction of sp³-hybridized carbons (Fsp3) is 0.273. The van der Waals surface area contributed by atoms with E-state index in [-0.39, 0.29) is 11.3 Å². The molecule has 0 heterocycles. The van der Waals surface area contributed by atoms with E-state index < -0.39 is 5.97 Å². The van der Waals surface area contributed by atoms with Crippen LogP contribution in [0.15, 0.2) is 18.2 Å². The molecular weight excluding hydrogens is 260 g/mol. The van der Waals surface area contributed by atoms with E-state index in [2.05, 4.69) is 15.9 Å². The summed E-state index contributed by atoms with van der Waals surface area (Å²) in [5, 5.41) is 9.54. The molecule has 80 valence electrons. The minimum Gasteiger partial charge on any atom is -0.478 e. The van der Waals surface area contributed by atoms with Crippen LogP contribution in [0.1, 0.15) is 32.7 Å². The lowest BCUT2D eigenvalue weighted by atomic mass is 9.98. The first-order valence-corrected chi connectivity index (χ1v) is 5.62. The van der Waals surface area contributed by atoms with Crippen molar-refractivity contribution in [1.82, 2.24) is 0 Å². The average molecular weight is 271 g/mol. The SMILES string of the molecule is Cc1cccc(C(=O)CCBr)c1C(=O)O. The average Bonchev–Trinajstić information content (AvgIpc) is 2.17. The number of carboxylic acid groups (broad SMARTS) is 1. The molecule has 0 saturated carbocycles. The van der Waals surface area contributed by atoms with Gasteiger partial charge in [-0.2, -0.15) is 0 Å². The van der Waals surface area contributed by atoms with Crippen LogP contribution < -0.4 is 0 Å². The summed E-state index contributed by atoms with van der Waals surface area (Å²) in [4.78, 5) is 22.6. The van der Waals surface area contributed by atoms with Gasteiger partial charge >= 0.3 is 5.97 Å². The van der Waals surface area contributed by atoms with Crippen molar-refractivity contribution in [2.45, 2.75) is 13.3 Å². The number of carbonyl (C=O) groups is 2. The Balaban J connectivity index is 3.23. The maximum Gasteiger partial charge on any atom is 0.336 e. The molecule has 0 aromatic heterocycles. The lowest BCUT2D eigenvalue weighted by Crippen LogP contribution is -2.10. The summed E-state index contributed by atoms with van der Waals surface area (Å²) < 4.78 is 0. The van der Waals surface area contributed by atoms with Gasteiger partial charge in [-0.25, -0.2) is 4.79 Å². The first-order chi connectivity index (χ1) is 7.07. The van der Waals surface area contributed by atoms with Crippen LogP contribution in [0, 0.1) is 6.92 Å². The van der Waals surface area contributed by atoms with Crippen LogP contribution in [0.25, 0.3) is 0 Å². The topological polar surface area (TPSA) is 54.4 Å². The van der Waals surface area contributed by atoms with E-state index in [0.29, 0.717) is 22.9 Å². The van der Waals surface area contributed by atoms with Crippen LogP contribution in [-0.4, -0.2) is 22.2 Å². The van der Waals surface area contributed by atoms with Crippen molar-refractivity contribution in [3.05, 3.63) is 34.9 Å². The second-order valence-corrected chi connectivity index (χ2v) is 3.96. The van der Waals surface area contributed by atoms with Crippen molar-refractivity contribution in [2.24, 2.45) is 0 Å². The number of rotatable bonds is 4. The predicted octanol–water partition coefficient (Wildman–Crippen LogP) is 2.66. The Kier molecular flexibility index (Phi) is 4.03. The number of Topliss-reactive ketones (excluding diaryl/α,β-unsaturated/α-hetero) is 1. The Morgan fingerprint density at radius 2 is 2.07 bits per heavy atom. The van der Waals surface area contributed by atoms with Gasteiger partial charge in [-0.3, -0.25) is 4.79 Å². The summed E-state index contributed by atoms with van der Waals surface area (Å²) in [6, 6.07) is 4.94. The van der Waals surface area contributed by atoms with Crippen LogP contribution in [-0.2, 0) is 0 Å². The van der Waals surface area contributed by atoms with Crippen molar-refractivity contribution < 1.29 is 14.7 Å². The third-order valence-corrected chi connectivity index (χ3v) is 2.51. The summed E-state index contributed by atoms with van der Waals surface area (Å²) in [7, 11) is 0. The molecule has 15 heavy (non-hydrogen) atoms. The minimum absolute atomic E-state index is 0.114. The third-order valence-electron chi connectivity index (χ3n) is 2.11. The molecule has 1 rings (SSSR count). The fourth-order valence-electron chi connectivity index (χ4n) is 1.40. The molecule has 1 aromatic carbocycles. The number of ketones is 1. The monoisotopic (exact) mass is 270 g/mol. The first-order valence-electron chi connectivity index (χ1n) is 4.50. The molecule has 1 N–H and O–H groups in total. The van der Waals surface area contributed by atoms with Crippen LogP contribution in [0.3, 0.4) is 0 Å². The third kappa shape index (κ3) is 2.65. The Morgan fingerprint density at radius 1 is 1.40 bits per heavy atom. The molecule has 0 fully saturated rings. The number of hydrogen-bond donors (Lipinski definition) is 1. The molecule has 4 heteroatoms. The molecule has 3 nitrogen and oxygen atoms in total. The summed E-state index contributed by atoms with van der Waals surface area (Å²) in [5.41, 5.74) is 1.02. The molecular formula is C11H11BrO3. The Morgan fingerprint density at radius 3 is 2.60 bits per heavy atom. The fourth-order valence-corrected chi connectivity index (χ4v) is 1.76. The van der Waals surface area contributed by atoms with Crippen molar-refractivity contribution in [1.29, 1.82) is 0 Å². The molecule has 0 amide bonds. The van der Waals surface area contributed by atoms with Crippen molar-refractivity contribution in [3.63, 3.8) is 0 Å². The van der Waals surface area contributed by atoms with Crippen LogP contribution in [0.4, 0.5) is 0 Å². The summed E-state index contributed by atoms with van der Waals surface area (Å²) in [6.07, 6.45) is 0.309. The number of benzene rings is 1. The highest BCUT2D eigenvalue weighted by molar-refractivity contribution is 9.09. The van der Waals surface area contributed by atoms with Crippen molar-refractivity contribution >= 4 is 27.7 Å². The normalized spacial score (nSPS) is 10.0. The lowest BCUT2D eigenvalue weighted by Gasteiger charge is -2.06. The largest absolute Gasteiger partial charge is 0.478 e. The standard InChI is InChI=1S/C11H11BrO3/c1-7-3-2-4-8(9(13)5-6-12)10(7)11(14)15/h2-4H,5-6H2,1H3,(H,14,15). The van der Waals surface area contributed by atoms with E-state index in [4.69, 9.17) is 5.11 Å². The van der Waals surface area contributed by atoms with Crippen LogP contribution in [0.2, 0.25) is 0 Å². The van der Waals surface area contributed by atoms with E-state index in [0.717, 1.165) is 0 Å². The number of aromatic carboxylic acids is 1. The van der Waals surface area contributed by atoms with Gasteiger partial charge in [0.25, 0.3) is 0 Å². The Bertz CT molecular complexity index is 399. The van der Waals surface area contributed by atoms with E-state index in [1.807, 2.05) is 0 Å². The number of alkyl halides is 1. The van der Waals surface area contributed by atoms with E-state index >= 15 is 0 Å². The lowest BCUT2D eigenvalue weighted by molar-refractivity contribution is 0.0691. The molecule has 0 spiro atoms. The Hall–Kier alpha value is -1.16. The van der Waals surface area contributed by atoms with E-state index in [9.17, 15) is 9.59 Å². The molecule has 0 radical (unpaired) electrons. The summed E-state index contributed by atoms with van der Waals surface area (Å²) in [5.74, 6) is -1.20. The summed E-state index contributed by atoms with van der Waals surface area (Å²) in [6.45, 7) is 1.69. The highest BCUT2D eigenvalue weighted by atomic mass is 79.9. The molecule has 0 aliphatic carbocycles. The summed E-state index contributed by atoms with van der Waals surface area (Å²) >= 11 is 3.16. The highest BCUT2D eigenvalue weighted by Gasteiger charge is 2.17. The molecule has 0 aliphatic heterocycles.